The molecule has 1 N–H and O–H groups in total. The van der Waals surface area contributed by atoms with Crippen molar-refractivity contribution < 1.29 is 4.74 Å². The predicted molar refractivity (Wildman–Crippen MR) is 108 cm³/mol. The van der Waals surface area contributed by atoms with E-state index in [0.717, 1.165) is 31.7 Å². The van der Waals surface area contributed by atoms with Crippen LogP contribution in [0.3, 0.4) is 0 Å². The van der Waals surface area contributed by atoms with Crippen molar-refractivity contribution in [1.82, 2.24) is 9.88 Å². The molecule has 1 atom stereocenters. The first-order valence-electron chi connectivity index (χ1n) is 9.65. The molecule has 0 radical (unpaired) electrons. The number of likely N-dealkylation sites (N-methyl/N-ethyl adjacent to an activating group) is 1. The maximum Gasteiger partial charge on any atom is 0.122 e. The summed E-state index contributed by atoms with van der Waals surface area (Å²) in [6.45, 7) is 2.20. The Hall–Kier alpha value is -2.26. The fraction of sp³-hybridized carbons (Fsp3) is 0.391. The SMILES string of the molecule is COc1cccc2c1CCC[C@H]2CN(C)CCc1ccc2cc[nH]c2c1. The topological polar surface area (TPSA) is 28.3 Å². The van der Waals surface area contributed by atoms with Crippen molar-refractivity contribution in [1.29, 1.82) is 0 Å². The van der Waals surface area contributed by atoms with E-state index in [1.807, 2.05) is 6.20 Å². The number of rotatable bonds is 6. The molecule has 0 amide bonds. The first kappa shape index (κ1) is 17.2. The van der Waals surface area contributed by atoms with Gasteiger partial charge in [0.15, 0.2) is 0 Å². The molecule has 1 aliphatic rings. The highest BCUT2D eigenvalue weighted by Crippen LogP contribution is 2.36. The van der Waals surface area contributed by atoms with Crippen LogP contribution in [0.4, 0.5) is 0 Å². The molecule has 0 saturated carbocycles. The average Bonchev–Trinajstić information content (AvgIpc) is 3.14. The standard InChI is InChI=1S/C23H28N2O/c1-25(14-12-17-9-10-18-11-13-24-22(18)15-17)16-19-5-3-7-21-20(19)6-4-8-23(21)26-2/h4,6,8-11,13,15,19,24H,3,5,7,12,14,16H2,1-2H3/t19-/m0/s1. The molecule has 3 aromatic rings. The highest BCUT2D eigenvalue weighted by atomic mass is 16.5. The smallest absolute Gasteiger partial charge is 0.122 e. The fourth-order valence-corrected chi connectivity index (χ4v) is 4.33. The Kier molecular flexibility index (Phi) is 4.98. The van der Waals surface area contributed by atoms with E-state index in [1.54, 1.807) is 7.11 Å². The Morgan fingerprint density at radius 1 is 1.19 bits per heavy atom. The number of benzene rings is 2. The van der Waals surface area contributed by atoms with Crippen LogP contribution in [-0.2, 0) is 12.8 Å². The number of aromatic amines is 1. The molecule has 2 aromatic carbocycles. The van der Waals surface area contributed by atoms with E-state index in [9.17, 15) is 0 Å². The molecule has 0 saturated heterocycles. The van der Waals surface area contributed by atoms with Gasteiger partial charge < -0.3 is 14.6 Å². The molecule has 1 aromatic heterocycles. The Bertz CT molecular complexity index is 883. The zero-order valence-corrected chi connectivity index (χ0v) is 15.8. The number of nitrogens with zero attached hydrogens (tertiary/aromatic N) is 1. The maximum absolute atomic E-state index is 5.58. The van der Waals surface area contributed by atoms with Crippen molar-refractivity contribution in [2.24, 2.45) is 0 Å². The number of H-pyrrole nitrogens is 1. The average molecular weight is 348 g/mol. The molecule has 4 rings (SSSR count). The first-order chi connectivity index (χ1) is 12.7. The first-order valence-corrected chi connectivity index (χ1v) is 9.65. The summed E-state index contributed by atoms with van der Waals surface area (Å²) in [5.41, 5.74) is 5.56. The molecular formula is C23H28N2O. The van der Waals surface area contributed by atoms with Gasteiger partial charge in [0, 0.05) is 24.8 Å². The summed E-state index contributed by atoms with van der Waals surface area (Å²) < 4.78 is 5.58. The van der Waals surface area contributed by atoms with Gasteiger partial charge in [0.1, 0.15) is 5.75 Å². The zero-order chi connectivity index (χ0) is 17.9. The lowest BCUT2D eigenvalue weighted by molar-refractivity contribution is 0.299. The largest absolute Gasteiger partial charge is 0.496 e. The third kappa shape index (κ3) is 3.49. The summed E-state index contributed by atoms with van der Waals surface area (Å²) in [4.78, 5) is 5.79. The quantitative estimate of drug-likeness (QED) is 0.695. The third-order valence-corrected chi connectivity index (χ3v) is 5.74. The molecule has 0 fully saturated rings. The van der Waals surface area contributed by atoms with E-state index in [1.165, 1.54) is 40.4 Å². The van der Waals surface area contributed by atoms with Crippen LogP contribution in [0.2, 0.25) is 0 Å². The van der Waals surface area contributed by atoms with Crippen molar-refractivity contribution in [2.45, 2.75) is 31.6 Å². The van der Waals surface area contributed by atoms with Gasteiger partial charge in [0.2, 0.25) is 0 Å². The van der Waals surface area contributed by atoms with Crippen LogP contribution in [0, 0.1) is 0 Å². The summed E-state index contributed by atoms with van der Waals surface area (Å²) in [7, 11) is 4.04. The zero-order valence-electron chi connectivity index (χ0n) is 15.8. The van der Waals surface area contributed by atoms with Gasteiger partial charge in [0.05, 0.1) is 7.11 Å². The minimum Gasteiger partial charge on any atom is -0.496 e. The molecular weight excluding hydrogens is 320 g/mol. The van der Waals surface area contributed by atoms with E-state index in [0.29, 0.717) is 5.92 Å². The molecule has 136 valence electrons. The van der Waals surface area contributed by atoms with Crippen molar-refractivity contribution in [3.8, 4) is 5.75 Å². The predicted octanol–water partition coefficient (Wildman–Crippen LogP) is 4.77. The third-order valence-electron chi connectivity index (χ3n) is 5.74. The summed E-state index contributed by atoms with van der Waals surface area (Å²) in [5, 5.41) is 1.29. The molecule has 3 nitrogen and oxygen atoms in total. The number of methoxy groups -OCH3 is 1. The van der Waals surface area contributed by atoms with Crippen LogP contribution in [0.25, 0.3) is 10.9 Å². The minimum absolute atomic E-state index is 0.615. The summed E-state index contributed by atoms with van der Waals surface area (Å²) in [6.07, 6.45) is 6.78. The minimum atomic E-state index is 0.615. The number of aromatic nitrogens is 1. The van der Waals surface area contributed by atoms with Crippen LogP contribution < -0.4 is 4.74 Å². The monoisotopic (exact) mass is 348 g/mol. The maximum atomic E-state index is 5.58. The van der Waals surface area contributed by atoms with E-state index in [-0.39, 0.29) is 0 Å². The van der Waals surface area contributed by atoms with Gasteiger partial charge in [-0.2, -0.15) is 0 Å². The van der Waals surface area contributed by atoms with E-state index in [2.05, 4.69) is 59.4 Å². The van der Waals surface area contributed by atoms with Crippen molar-refractivity contribution in [3.05, 3.63) is 65.4 Å². The second kappa shape index (κ2) is 7.55. The molecule has 0 spiro atoms. The number of ether oxygens (including phenoxy) is 1. The van der Waals surface area contributed by atoms with E-state index >= 15 is 0 Å². The second-order valence-corrected chi connectivity index (χ2v) is 7.53. The van der Waals surface area contributed by atoms with Gasteiger partial charge in [-0.05, 0) is 78.9 Å². The number of nitrogens with one attached hydrogen (secondary N) is 1. The van der Waals surface area contributed by atoms with Gasteiger partial charge >= 0.3 is 0 Å². The van der Waals surface area contributed by atoms with Crippen LogP contribution in [-0.4, -0.2) is 37.1 Å². The van der Waals surface area contributed by atoms with E-state index in [4.69, 9.17) is 4.74 Å². The van der Waals surface area contributed by atoms with Gasteiger partial charge in [-0.25, -0.2) is 0 Å². The lowest BCUT2D eigenvalue weighted by Gasteiger charge is -2.30. The molecule has 3 heteroatoms. The normalized spacial score (nSPS) is 16.8. The number of fused-ring (bicyclic) bond motifs is 2. The van der Waals surface area contributed by atoms with Crippen LogP contribution in [0.5, 0.6) is 5.75 Å². The Labute approximate surface area is 156 Å². The molecule has 1 heterocycles. The summed E-state index contributed by atoms with van der Waals surface area (Å²) in [6, 6.07) is 15.4. The van der Waals surface area contributed by atoms with Crippen molar-refractivity contribution in [2.75, 3.05) is 27.2 Å². The number of hydrogen-bond acceptors (Lipinski definition) is 2. The second-order valence-electron chi connectivity index (χ2n) is 7.53. The molecule has 0 unspecified atom stereocenters. The molecule has 0 aliphatic heterocycles. The molecule has 1 aliphatic carbocycles. The molecule has 26 heavy (non-hydrogen) atoms. The van der Waals surface area contributed by atoms with Crippen LogP contribution in [0.15, 0.2) is 48.7 Å². The van der Waals surface area contributed by atoms with Gasteiger partial charge in [-0.1, -0.05) is 24.3 Å². The molecule has 0 bridgehead atoms. The Morgan fingerprint density at radius 3 is 3.00 bits per heavy atom. The van der Waals surface area contributed by atoms with Crippen LogP contribution >= 0.6 is 0 Å². The lowest BCUT2D eigenvalue weighted by atomic mass is 9.82. The fourth-order valence-electron chi connectivity index (χ4n) is 4.33. The van der Waals surface area contributed by atoms with Crippen molar-refractivity contribution >= 4 is 10.9 Å². The highest BCUT2D eigenvalue weighted by Gasteiger charge is 2.23. The van der Waals surface area contributed by atoms with Gasteiger partial charge in [-0.15, -0.1) is 0 Å². The van der Waals surface area contributed by atoms with Crippen molar-refractivity contribution in [3.63, 3.8) is 0 Å². The van der Waals surface area contributed by atoms with Gasteiger partial charge in [-0.3, -0.25) is 0 Å². The summed E-state index contributed by atoms with van der Waals surface area (Å²) >= 11 is 0. The Morgan fingerprint density at radius 2 is 2.12 bits per heavy atom. The number of hydrogen-bond donors (Lipinski definition) is 1. The lowest BCUT2D eigenvalue weighted by Crippen LogP contribution is -2.28. The van der Waals surface area contributed by atoms with E-state index < -0.39 is 0 Å². The highest BCUT2D eigenvalue weighted by molar-refractivity contribution is 5.79. The Balaban J connectivity index is 1.40. The summed E-state index contributed by atoms with van der Waals surface area (Å²) in [5.74, 6) is 1.68. The van der Waals surface area contributed by atoms with Crippen LogP contribution in [0.1, 0.15) is 35.4 Å². The van der Waals surface area contributed by atoms with Gasteiger partial charge in [0.25, 0.3) is 0 Å².